The Bertz CT molecular complexity index is 381. The fraction of sp³-hybridized carbons (Fsp3) is 0.200. The van der Waals surface area contributed by atoms with Gasteiger partial charge in [-0.3, -0.25) is 4.98 Å². The highest BCUT2D eigenvalue weighted by Gasteiger charge is 2.01. The first-order chi connectivity index (χ1) is 6.36. The lowest BCUT2D eigenvalue weighted by atomic mass is 10.2. The van der Waals surface area contributed by atoms with Crippen molar-refractivity contribution in [2.45, 2.75) is 13.3 Å². The van der Waals surface area contributed by atoms with Crippen molar-refractivity contribution in [2.24, 2.45) is 0 Å². The summed E-state index contributed by atoms with van der Waals surface area (Å²) in [7, 11) is 0. The van der Waals surface area contributed by atoms with E-state index in [1.54, 1.807) is 17.5 Å². The maximum atomic E-state index is 4.21. The second-order valence-corrected chi connectivity index (χ2v) is 3.84. The Morgan fingerprint density at radius 3 is 3.00 bits per heavy atom. The molecule has 0 saturated carbocycles. The minimum Gasteiger partial charge on any atom is -0.264 e. The Hall–Kier alpha value is -1.22. The van der Waals surface area contributed by atoms with Crippen LogP contribution in [0.3, 0.4) is 0 Å². The highest BCUT2D eigenvalue weighted by molar-refractivity contribution is 7.09. The molecule has 0 fully saturated rings. The zero-order valence-corrected chi connectivity index (χ0v) is 8.21. The van der Waals surface area contributed by atoms with E-state index in [1.807, 2.05) is 24.7 Å². The Labute approximate surface area is 81.3 Å². The molecule has 3 heteroatoms. The first-order valence-electron chi connectivity index (χ1n) is 4.14. The molecule has 0 amide bonds. The third kappa shape index (κ3) is 1.92. The van der Waals surface area contributed by atoms with Crippen LogP contribution in [-0.2, 0) is 6.42 Å². The van der Waals surface area contributed by atoms with E-state index in [0.29, 0.717) is 0 Å². The van der Waals surface area contributed by atoms with Crippen molar-refractivity contribution in [3.8, 4) is 0 Å². The van der Waals surface area contributed by atoms with Gasteiger partial charge in [-0.05, 0) is 18.6 Å². The van der Waals surface area contributed by atoms with Crippen LogP contribution < -0.4 is 0 Å². The van der Waals surface area contributed by atoms with Crippen LogP contribution in [0.1, 0.15) is 16.1 Å². The Morgan fingerprint density at radius 1 is 1.46 bits per heavy atom. The molecule has 0 aliphatic heterocycles. The molecule has 2 aromatic rings. The maximum absolute atomic E-state index is 4.21. The lowest BCUT2D eigenvalue weighted by Crippen LogP contribution is -1.87. The van der Waals surface area contributed by atoms with E-state index in [4.69, 9.17) is 0 Å². The maximum Gasteiger partial charge on any atom is 0.0797 e. The Balaban J connectivity index is 2.20. The molecule has 66 valence electrons. The first kappa shape index (κ1) is 8.38. The minimum atomic E-state index is 0.949. The van der Waals surface area contributed by atoms with Crippen molar-refractivity contribution in [2.75, 3.05) is 0 Å². The quantitative estimate of drug-likeness (QED) is 0.727. The van der Waals surface area contributed by atoms with Crippen molar-refractivity contribution in [3.05, 3.63) is 46.2 Å². The zero-order chi connectivity index (χ0) is 9.10. The van der Waals surface area contributed by atoms with Gasteiger partial charge in [-0.15, -0.1) is 11.3 Å². The average molecular weight is 190 g/mol. The molecule has 2 aromatic heterocycles. The van der Waals surface area contributed by atoms with E-state index in [1.165, 1.54) is 10.4 Å². The molecule has 2 heterocycles. The fourth-order valence-electron chi connectivity index (χ4n) is 1.18. The standard InChI is InChI=1S/C10H10N2S/c1-8-10(13-7-12-8)5-9-3-2-4-11-6-9/h2-4,6-7H,5H2,1H3. The van der Waals surface area contributed by atoms with Crippen LogP contribution >= 0.6 is 11.3 Å². The minimum absolute atomic E-state index is 0.949. The summed E-state index contributed by atoms with van der Waals surface area (Å²) in [6, 6.07) is 4.05. The van der Waals surface area contributed by atoms with Gasteiger partial charge in [0.15, 0.2) is 0 Å². The Kier molecular flexibility index (Phi) is 2.36. The van der Waals surface area contributed by atoms with E-state index in [0.717, 1.165) is 12.1 Å². The fourth-order valence-corrected chi connectivity index (χ4v) is 2.00. The third-order valence-corrected chi connectivity index (χ3v) is 2.87. The monoisotopic (exact) mass is 190 g/mol. The number of aryl methyl sites for hydroxylation is 1. The number of pyridine rings is 1. The number of nitrogens with zero attached hydrogens (tertiary/aromatic N) is 2. The number of hydrogen-bond acceptors (Lipinski definition) is 3. The van der Waals surface area contributed by atoms with Crippen LogP contribution in [0.15, 0.2) is 30.0 Å². The normalized spacial score (nSPS) is 10.2. The number of aromatic nitrogens is 2. The largest absolute Gasteiger partial charge is 0.264 e. The zero-order valence-electron chi connectivity index (χ0n) is 7.40. The SMILES string of the molecule is Cc1ncsc1Cc1cccnc1. The van der Waals surface area contributed by atoms with Crippen molar-refractivity contribution in [3.63, 3.8) is 0 Å². The van der Waals surface area contributed by atoms with Crippen LogP contribution in [0.2, 0.25) is 0 Å². The van der Waals surface area contributed by atoms with Crippen LogP contribution in [0.25, 0.3) is 0 Å². The van der Waals surface area contributed by atoms with Gasteiger partial charge in [0.1, 0.15) is 0 Å². The molecule has 0 bridgehead atoms. The molecule has 0 saturated heterocycles. The second kappa shape index (κ2) is 3.66. The number of rotatable bonds is 2. The van der Waals surface area contributed by atoms with Crippen molar-refractivity contribution >= 4 is 11.3 Å². The Morgan fingerprint density at radius 2 is 2.38 bits per heavy atom. The summed E-state index contributed by atoms with van der Waals surface area (Å²) >= 11 is 1.71. The highest BCUT2D eigenvalue weighted by Crippen LogP contribution is 2.16. The van der Waals surface area contributed by atoms with Gasteiger partial charge in [-0.25, -0.2) is 4.98 Å². The molecule has 0 aliphatic rings. The van der Waals surface area contributed by atoms with Crippen LogP contribution in [-0.4, -0.2) is 9.97 Å². The van der Waals surface area contributed by atoms with Crippen molar-refractivity contribution in [1.82, 2.24) is 9.97 Å². The first-order valence-corrected chi connectivity index (χ1v) is 5.02. The summed E-state index contributed by atoms with van der Waals surface area (Å²) in [6.07, 6.45) is 4.65. The number of thiazole rings is 1. The van der Waals surface area contributed by atoms with Crippen LogP contribution in [0.5, 0.6) is 0 Å². The molecule has 0 aromatic carbocycles. The molecule has 0 N–H and O–H groups in total. The van der Waals surface area contributed by atoms with E-state index in [-0.39, 0.29) is 0 Å². The van der Waals surface area contributed by atoms with E-state index in [9.17, 15) is 0 Å². The molecular weight excluding hydrogens is 180 g/mol. The van der Waals surface area contributed by atoms with E-state index in [2.05, 4.69) is 16.0 Å². The lowest BCUT2D eigenvalue weighted by molar-refractivity contribution is 1.12. The van der Waals surface area contributed by atoms with Crippen LogP contribution in [0.4, 0.5) is 0 Å². The molecule has 0 atom stereocenters. The summed E-state index contributed by atoms with van der Waals surface area (Å²) in [6.45, 7) is 2.04. The van der Waals surface area contributed by atoms with E-state index < -0.39 is 0 Å². The third-order valence-electron chi connectivity index (χ3n) is 1.93. The molecule has 2 rings (SSSR count). The molecular formula is C10H10N2S. The van der Waals surface area contributed by atoms with Gasteiger partial charge in [-0.1, -0.05) is 6.07 Å². The smallest absolute Gasteiger partial charge is 0.0797 e. The summed E-state index contributed by atoms with van der Waals surface area (Å²) in [5.41, 5.74) is 4.27. The molecule has 2 nitrogen and oxygen atoms in total. The van der Waals surface area contributed by atoms with Gasteiger partial charge in [-0.2, -0.15) is 0 Å². The van der Waals surface area contributed by atoms with Crippen LogP contribution in [0, 0.1) is 6.92 Å². The predicted octanol–water partition coefficient (Wildman–Crippen LogP) is 2.44. The summed E-state index contributed by atoms with van der Waals surface area (Å²) in [4.78, 5) is 9.62. The summed E-state index contributed by atoms with van der Waals surface area (Å²) in [5, 5.41) is 0. The van der Waals surface area contributed by atoms with Gasteiger partial charge in [0.05, 0.1) is 11.2 Å². The van der Waals surface area contributed by atoms with Crippen molar-refractivity contribution in [1.29, 1.82) is 0 Å². The topological polar surface area (TPSA) is 25.8 Å². The average Bonchev–Trinajstić information content (AvgIpc) is 2.54. The van der Waals surface area contributed by atoms with Gasteiger partial charge < -0.3 is 0 Å². The van der Waals surface area contributed by atoms with Crippen molar-refractivity contribution < 1.29 is 0 Å². The number of hydrogen-bond donors (Lipinski definition) is 0. The van der Waals surface area contributed by atoms with Gasteiger partial charge >= 0.3 is 0 Å². The predicted molar refractivity (Wildman–Crippen MR) is 53.9 cm³/mol. The highest BCUT2D eigenvalue weighted by atomic mass is 32.1. The molecule has 0 spiro atoms. The van der Waals surface area contributed by atoms with E-state index >= 15 is 0 Å². The molecule has 0 unspecified atom stereocenters. The molecule has 0 radical (unpaired) electrons. The van der Waals surface area contributed by atoms with Gasteiger partial charge in [0.25, 0.3) is 0 Å². The molecule has 13 heavy (non-hydrogen) atoms. The second-order valence-electron chi connectivity index (χ2n) is 2.90. The lowest BCUT2D eigenvalue weighted by Gasteiger charge is -1.97. The molecule has 0 aliphatic carbocycles. The summed E-state index contributed by atoms with van der Waals surface area (Å²) in [5.74, 6) is 0. The van der Waals surface area contributed by atoms with Gasteiger partial charge in [0, 0.05) is 23.7 Å². The summed E-state index contributed by atoms with van der Waals surface area (Å²) < 4.78 is 0. The van der Waals surface area contributed by atoms with Gasteiger partial charge in [0.2, 0.25) is 0 Å².